The Morgan fingerprint density at radius 3 is 2.52 bits per heavy atom. The number of ether oxygens (including phenoxy) is 1. The fourth-order valence-electron chi connectivity index (χ4n) is 1.36. The van der Waals surface area contributed by atoms with Gasteiger partial charge in [-0.15, -0.1) is 35.8 Å². The van der Waals surface area contributed by atoms with Gasteiger partial charge < -0.3 is 27.5 Å². The molecule has 7 heteroatoms. The maximum Gasteiger partial charge on any atom is 1.00 e. The second-order valence-corrected chi connectivity index (χ2v) is 4.18. The molecule has 0 aliphatic heterocycles. The van der Waals surface area contributed by atoms with Gasteiger partial charge in [0.25, 0.3) is 0 Å². The van der Waals surface area contributed by atoms with Crippen molar-refractivity contribution < 1.29 is 65.7 Å². The number of primary amides is 1. The van der Waals surface area contributed by atoms with Gasteiger partial charge in [-0.05, 0) is 0 Å². The Kier molecular flexibility index (Phi) is 16.1. The van der Waals surface area contributed by atoms with E-state index in [2.05, 4.69) is 41.8 Å². The average molecular weight is 359 g/mol. The molecule has 0 unspecified atom stereocenters. The third-order valence-electron chi connectivity index (χ3n) is 2.47. The van der Waals surface area contributed by atoms with E-state index in [4.69, 9.17) is 4.74 Å². The van der Waals surface area contributed by atoms with E-state index >= 15 is 0 Å². The van der Waals surface area contributed by atoms with Crippen molar-refractivity contribution in [3.05, 3.63) is 48.4 Å². The minimum atomic E-state index is -0.356. The van der Waals surface area contributed by atoms with Crippen LogP contribution >= 0.6 is 12.2 Å². The van der Waals surface area contributed by atoms with Gasteiger partial charge in [-0.25, -0.2) is 12.2 Å². The first kappa shape index (κ1) is 24.7. The van der Waals surface area contributed by atoms with Gasteiger partial charge in [-0.3, -0.25) is 4.79 Å². The van der Waals surface area contributed by atoms with E-state index in [9.17, 15) is 9.59 Å². The summed E-state index contributed by atoms with van der Waals surface area (Å²) in [6.07, 6.45) is 5.26. The summed E-state index contributed by atoms with van der Waals surface area (Å²) in [4.78, 5) is 20.7. The number of hydrogen-bond acceptors (Lipinski definition) is 4. The number of rotatable bonds is 6. The SMILES string of the molecule is CCc1cc(OC)ccc1[C-]=CC(=O)N[C-]=S.[CH2-]CC(N)=O.[K+]. The van der Waals surface area contributed by atoms with Crippen molar-refractivity contribution in [3.8, 4) is 5.75 Å². The molecule has 0 bridgehead atoms. The molecule has 0 fully saturated rings. The zero-order chi connectivity index (χ0) is 17.0. The van der Waals surface area contributed by atoms with Crippen molar-refractivity contribution in [2.45, 2.75) is 19.8 Å². The van der Waals surface area contributed by atoms with Crippen molar-refractivity contribution >= 4 is 29.5 Å². The van der Waals surface area contributed by atoms with Crippen molar-refractivity contribution in [1.82, 2.24) is 5.32 Å². The monoisotopic (exact) mass is 358 g/mol. The van der Waals surface area contributed by atoms with Crippen LogP contribution in [0.1, 0.15) is 24.5 Å². The molecule has 120 valence electrons. The molecule has 0 heterocycles. The fourth-order valence-corrected chi connectivity index (χ4v) is 1.46. The number of nitrogens with one attached hydrogen (secondary N) is 1. The second kappa shape index (κ2) is 15.0. The molecule has 5 nitrogen and oxygen atoms in total. The molecule has 0 aromatic heterocycles. The number of methoxy groups -OCH3 is 1. The van der Waals surface area contributed by atoms with Gasteiger partial charge in [0.15, 0.2) is 5.91 Å². The summed E-state index contributed by atoms with van der Waals surface area (Å²) in [5.41, 5.74) is 8.67. The number of aryl methyl sites for hydroxylation is 1. The summed E-state index contributed by atoms with van der Waals surface area (Å²) in [6.45, 7) is 5.24. The van der Waals surface area contributed by atoms with Gasteiger partial charge in [-0.2, -0.15) is 0 Å². The first-order valence-corrected chi connectivity index (χ1v) is 6.90. The quantitative estimate of drug-likeness (QED) is 0.216. The molecule has 0 saturated heterocycles. The average Bonchev–Trinajstić information content (AvgIpc) is 2.53. The van der Waals surface area contributed by atoms with Crippen molar-refractivity contribution in [1.29, 1.82) is 0 Å². The number of benzene rings is 1. The van der Waals surface area contributed by atoms with Crippen LogP contribution in [0.4, 0.5) is 0 Å². The van der Waals surface area contributed by atoms with E-state index in [0.717, 1.165) is 23.3 Å². The van der Waals surface area contributed by atoms with Crippen LogP contribution in [0.25, 0.3) is 0 Å². The molecule has 0 spiro atoms. The molecular formula is C16H19KN2O3S-2. The molecule has 1 aromatic carbocycles. The molecule has 1 rings (SSSR count). The maximum atomic E-state index is 11.2. The van der Waals surface area contributed by atoms with E-state index in [1.165, 1.54) is 6.08 Å². The normalized spacial score (nSPS) is 9.17. The molecule has 0 saturated carbocycles. The largest absolute Gasteiger partial charge is 1.00 e. The summed E-state index contributed by atoms with van der Waals surface area (Å²) in [5.74, 6) is 0.104. The number of carbonyl (C=O) groups is 2. The standard InChI is InChI=1S/C13H13NO2S.C3H6NO.K/c1-3-10-8-12(16-2)6-4-11(10)5-7-13(15)14-9-17;1-2-3(4)5;/h4,6-8H,3H2,1-2H3,(H,14,15,17);1-2H2,(H2,4,5);/q-2;-1;+1. The number of hydrogen-bond donors (Lipinski definition) is 2. The van der Waals surface area contributed by atoms with Gasteiger partial charge in [-0.1, -0.05) is 31.0 Å². The summed E-state index contributed by atoms with van der Waals surface area (Å²) in [5, 5.41) is 2.26. The van der Waals surface area contributed by atoms with Crippen LogP contribution in [0.15, 0.2) is 24.3 Å². The maximum absolute atomic E-state index is 11.2. The zero-order valence-corrected chi connectivity index (χ0v) is 17.6. The predicted octanol–water partition coefficient (Wildman–Crippen LogP) is -1.38. The third kappa shape index (κ3) is 11.6. The van der Waals surface area contributed by atoms with Crippen LogP contribution in [0.5, 0.6) is 5.75 Å². The zero-order valence-electron chi connectivity index (χ0n) is 13.6. The van der Waals surface area contributed by atoms with E-state index < -0.39 is 0 Å². The summed E-state index contributed by atoms with van der Waals surface area (Å²) < 4.78 is 5.13. The smallest absolute Gasteiger partial charge is 0.498 e. The summed E-state index contributed by atoms with van der Waals surface area (Å²) in [6, 6.07) is 5.63. The fraction of sp³-hybridized carbons (Fsp3) is 0.250. The topological polar surface area (TPSA) is 81.4 Å². The van der Waals surface area contributed by atoms with Gasteiger partial charge in [0.2, 0.25) is 0 Å². The third-order valence-corrected chi connectivity index (χ3v) is 2.57. The molecule has 23 heavy (non-hydrogen) atoms. The number of thiocarbonyl (C=S) groups is 1. The Bertz CT molecular complexity index is 548. The van der Waals surface area contributed by atoms with Crippen molar-refractivity contribution in [3.63, 3.8) is 0 Å². The number of amides is 2. The van der Waals surface area contributed by atoms with E-state index in [-0.39, 0.29) is 69.6 Å². The minimum absolute atomic E-state index is 0. The molecule has 0 aliphatic rings. The predicted molar refractivity (Wildman–Crippen MR) is 89.2 cm³/mol. The number of nitrogens with two attached hydrogens (primary N) is 1. The van der Waals surface area contributed by atoms with Crippen LogP contribution in [0, 0.1) is 13.0 Å². The Morgan fingerprint density at radius 1 is 1.48 bits per heavy atom. The van der Waals surface area contributed by atoms with Gasteiger partial charge in [0.05, 0.1) is 13.0 Å². The molecule has 0 radical (unpaired) electrons. The van der Waals surface area contributed by atoms with Gasteiger partial charge in [0.1, 0.15) is 5.75 Å². The van der Waals surface area contributed by atoms with Crippen LogP contribution in [0.3, 0.4) is 0 Å². The Balaban J connectivity index is 0. The molecule has 0 aliphatic carbocycles. The van der Waals surface area contributed by atoms with Crippen molar-refractivity contribution in [2.75, 3.05) is 7.11 Å². The molecule has 1 aromatic rings. The van der Waals surface area contributed by atoms with Gasteiger partial charge in [0, 0.05) is 0 Å². The molecule has 2 amide bonds. The summed E-state index contributed by atoms with van der Waals surface area (Å²) in [7, 11) is 1.62. The van der Waals surface area contributed by atoms with E-state index in [1.807, 2.05) is 25.1 Å². The molecule has 0 atom stereocenters. The second-order valence-electron chi connectivity index (χ2n) is 3.97. The Morgan fingerprint density at radius 2 is 2.09 bits per heavy atom. The van der Waals surface area contributed by atoms with Crippen LogP contribution in [-0.2, 0) is 16.0 Å². The molecular weight excluding hydrogens is 339 g/mol. The number of carbonyl (C=O) groups excluding carboxylic acids is 2. The Labute approximate surface area is 185 Å². The Hall–Kier alpha value is -0.574. The van der Waals surface area contributed by atoms with Crippen LogP contribution in [-0.4, -0.2) is 24.4 Å². The van der Waals surface area contributed by atoms with Crippen LogP contribution < -0.4 is 67.2 Å². The van der Waals surface area contributed by atoms with Crippen LogP contribution in [0.2, 0.25) is 0 Å². The first-order valence-electron chi connectivity index (χ1n) is 6.49. The van der Waals surface area contributed by atoms with Gasteiger partial charge >= 0.3 is 51.4 Å². The van der Waals surface area contributed by atoms with E-state index in [0.29, 0.717) is 0 Å². The minimum Gasteiger partial charge on any atom is -0.498 e. The first-order chi connectivity index (χ1) is 10.5. The van der Waals surface area contributed by atoms with Crippen molar-refractivity contribution in [2.24, 2.45) is 5.73 Å². The molecule has 3 N–H and O–H groups in total. The van der Waals surface area contributed by atoms with E-state index in [1.54, 1.807) is 7.11 Å². The summed E-state index contributed by atoms with van der Waals surface area (Å²) >= 11 is 4.39.